The average Bonchev–Trinajstić information content (AvgIpc) is 3.50. The van der Waals surface area contributed by atoms with Crippen LogP contribution in [0.3, 0.4) is 0 Å². The number of carboxylic acid groups (broad SMARTS) is 1. The minimum absolute atomic E-state index is 0.0197. The van der Waals surface area contributed by atoms with Crippen molar-refractivity contribution in [3.8, 4) is 0 Å². The fourth-order valence-electron chi connectivity index (χ4n) is 5.96. The summed E-state index contributed by atoms with van der Waals surface area (Å²) < 4.78 is 13.3. The Morgan fingerprint density at radius 2 is 2.03 bits per heavy atom. The van der Waals surface area contributed by atoms with Crippen molar-refractivity contribution in [2.75, 3.05) is 26.2 Å². The third-order valence-electron chi connectivity index (χ3n) is 7.77. The minimum atomic E-state index is -1.12. The van der Waals surface area contributed by atoms with Crippen LogP contribution in [0.2, 0.25) is 0 Å². The van der Waals surface area contributed by atoms with Crippen LogP contribution in [0.4, 0.5) is 4.39 Å². The van der Waals surface area contributed by atoms with Crippen LogP contribution in [0.1, 0.15) is 39.5 Å². The van der Waals surface area contributed by atoms with Gasteiger partial charge < -0.3 is 31.7 Å². The van der Waals surface area contributed by atoms with Crippen molar-refractivity contribution in [2.45, 2.75) is 69.1 Å². The highest BCUT2D eigenvalue weighted by Gasteiger charge is 2.60. The molecule has 1 unspecified atom stereocenters. The number of ketones is 1. The summed E-state index contributed by atoms with van der Waals surface area (Å²) in [6.45, 7) is 5.36. The third kappa shape index (κ3) is 5.32. The zero-order valence-electron chi connectivity index (χ0n) is 20.7. The standard InChI is InChI=1S/C24H36FN5O5S/c1-11(5-15(31)3-4-26)18-19-12(2)21(20(24(34)35)30(19)23(18)33)36-16-7-14(27-10-16)9-29-22(32)17-6-13(25)8-28-17/h11-14,16-19,27-28H,3-10,26H2,1-2H3,(H,29,32)(H,34,35)/t11-,12+,13-,14-,16-,17?,18+,19+/m0/s1. The van der Waals surface area contributed by atoms with E-state index < -0.39 is 18.2 Å². The number of amides is 2. The van der Waals surface area contributed by atoms with Crippen molar-refractivity contribution in [1.29, 1.82) is 0 Å². The van der Waals surface area contributed by atoms with Crippen molar-refractivity contribution in [3.63, 3.8) is 0 Å². The zero-order valence-corrected chi connectivity index (χ0v) is 21.5. The minimum Gasteiger partial charge on any atom is -0.477 e. The predicted molar refractivity (Wildman–Crippen MR) is 133 cm³/mol. The number of Topliss-reactive ketones (excluding diaryl/α,β-unsaturated/α-hetero) is 1. The highest BCUT2D eigenvalue weighted by molar-refractivity contribution is 8.03. The number of halogens is 1. The lowest BCUT2D eigenvalue weighted by Gasteiger charge is -2.47. The molecule has 0 aromatic heterocycles. The molecule has 3 fully saturated rings. The van der Waals surface area contributed by atoms with Gasteiger partial charge in [0.2, 0.25) is 11.8 Å². The lowest BCUT2D eigenvalue weighted by Crippen LogP contribution is -2.62. The topological polar surface area (TPSA) is 154 Å². The summed E-state index contributed by atoms with van der Waals surface area (Å²) in [6, 6.07) is -0.730. The number of hydrogen-bond donors (Lipinski definition) is 5. The maximum atomic E-state index is 13.3. The summed E-state index contributed by atoms with van der Waals surface area (Å²) in [5, 5.41) is 19.2. The summed E-state index contributed by atoms with van der Waals surface area (Å²) in [4.78, 5) is 51.6. The number of rotatable bonds is 11. The number of thioether (sulfide) groups is 1. The first-order valence-electron chi connectivity index (χ1n) is 12.7. The van der Waals surface area contributed by atoms with Crippen molar-refractivity contribution in [1.82, 2.24) is 20.9 Å². The second kappa shape index (κ2) is 11.2. The van der Waals surface area contributed by atoms with E-state index in [1.54, 1.807) is 0 Å². The number of carbonyl (C=O) groups is 4. The summed E-state index contributed by atoms with van der Waals surface area (Å²) in [7, 11) is 0. The van der Waals surface area contributed by atoms with Gasteiger partial charge in [0.25, 0.3) is 0 Å². The first-order chi connectivity index (χ1) is 17.1. The van der Waals surface area contributed by atoms with E-state index in [0.29, 0.717) is 18.0 Å². The number of β-lactam (4-membered cyclic amide) rings is 1. The molecule has 0 bridgehead atoms. The van der Waals surface area contributed by atoms with Crippen LogP contribution >= 0.6 is 11.8 Å². The van der Waals surface area contributed by atoms with Gasteiger partial charge in [0.15, 0.2) is 0 Å². The van der Waals surface area contributed by atoms with Crippen LogP contribution in [0.15, 0.2) is 10.6 Å². The summed E-state index contributed by atoms with van der Waals surface area (Å²) in [5.41, 5.74) is 5.53. The fraction of sp³-hybridized carbons (Fsp3) is 0.750. The van der Waals surface area contributed by atoms with Crippen LogP contribution in [0, 0.1) is 17.8 Å². The zero-order chi connectivity index (χ0) is 26.1. The van der Waals surface area contributed by atoms with Gasteiger partial charge in [0, 0.05) is 61.0 Å². The second-order valence-corrected chi connectivity index (χ2v) is 11.8. The molecule has 0 saturated carbocycles. The molecule has 8 atom stereocenters. The van der Waals surface area contributed by atoms with Crippen LogP contribution in [-0.2, 0) is 19.2 Å². The van der Waals surface area contributed by atoms with Crippen LogP contribution in [-0.4, -0.2) is 89.3 Å². The number of aliphatic carboxylic acids is 1. The molecule has 4 rings (SSSR count). The van der Waals surface area contributed by atoms with Crippen LogP contribution in [0.25, 0.3) is 0 Å². The Labute approximate surface area is 214 Å². The fourth-order valence-corrected chi connectivity index (χ4v) is 7.48. The molecule has 200 valence electrons. The van der Waals surface area contributed by atoms with Gasteiger partial charge in [-0.2, -0.15) is 0 Å². The second-order valence-electron chi connectivity index (χ2n) is 10.4. The number of hydrogen-bond acceptors (Lipinski definition) is 8. The number of nitrogens with two attached hydrogens (primary N) is 1. The van der Waals surface area contributed by atoms with Crippen molar-refractivity contribution in [3.05, 3.63) is 10.6 Å². The molecule has 0 aromatic rings. The molecule has 10 nitrogen and oxygen atoms in total. The van der Waals surface area contributed by atoms with Gasteiger partial charge in [-0.15, -0.1) is 11.8 Å². The first kappa shape index (κ1) is 27.0. The Hall–Kier alpha value is -2.02. The van der Waals surface area contributed by atoms with E-state index in [0.717, 1.165) is 6.42 Å². The third-order valence-corrected chi connectivity index (χ3v) is 9.28. The maximum Gasteiger partial charge on any atom is 0.353 e. The summed E-state index contributed by atoms with van der Waals surface area (Å²) >= 11 is 1.49. The van der Waals surface area contributed by atoms with Gasteiger partial charge in [-0.3, -0.25) is 14.4 Å². The van der Waals surface area contributed by atoms with Gasteiger partial charge in [0.05, 0.1) is 18.0 Å². The van der Waals surface area contributed by atoms with Gasteiger partial charge in [-0.1, -0.05) is 13.8 Å². The summed E-state index contributed by atoms with van der Waals surface area (Å²) in [5.74, 6) is -2.23. The van der Waals surface area contributed by atoms with E-state index >= 15 is 0 Å². The van der Waals surface area contributed by atoms with Crippen LogP contribution < -0.4 is 21.7 Å². The number of alkyl halides is 1. The Morgan fingerprint density at radius 1 is 1.28 bits per heavy atom. The number of nitrogens with zero attached hydrogens (tertiary/aromatic N) is 1. The normalized spacial score (nSPS) is 34.5. The number of fused-ring (bicyclic) bond motifs is 1. The molecule has 4 aliphatic heterocycles. The molecule has 6 N–H and O–H groups in total. The smallest absolute Gasteiger partial charge is 0.353 e. The van der Waals surface area contributed by atoms with Crippen molar-refractivity contribution < 1.29 is 28.7 Å². The Morgan fingerprint density at radius 3 is 2.67 bits per heavy atom. The van der Waals surface area contributed by atoms with Gasteiger partial charge >= 0.3 is 5.97 Å². The van der Waals surface area contributed by atoms with Gasteiger partial charge in [0.1, 0.15) is 17.7 Å². The molecule has 36 heavy (non-hydrogen) atoms. The molecule has 0 spiro atoms. The first-order valence-corrected chi connectivity index (χ1v) is 13.6. The molecule has 0 aliphatic carbocycles. The summed E-state index contributed by atoms with van der Waals surface area (Å²) in [6.07, 6.45) is 0.451. The molecule has 2 amide bonds. The van der Waals surface area contributed by atoms with Gasteiger partial charge in [-0.25, -0.2) is 9.18 Å². The molecule has 0 radical (unpaired) electrons. The molecular weight excluding hydrogens is 489 g/mol. The van der Waals surface area contributed by atoms with Gasteiger partial charge in [-0.05, 0) is 18.9 Å². The van der Waals surface area contributed by atoms with Crippen LogP contribution in [0.5, 0.6) is 0 Å². The monoisotopic (exact) mass is 525 g/mol. The molecule has 4 aliphatic rings. The van der Waals surface area contributed by atoms with E-state index in [4.69, 9.17) is 5.73 Å². The Bertz CT molecular complexity index is 948. The highest BCUT2D eigenvalue weighted by atomic mass is 32.2. The molecule has 0 aromatic carbocycles. The molecule has 3 saturated heterocycles. The quantitative estimate of drug-likeness (QED) is 0.234. The lowest BCUT2D eigenvalue weighted by molar-refractivity contribution is -0.160. The van der Waals surface area contributed by atoms with E-state index in [1.807, 2.05) is 13.8 Å². The molecule has 4 heterocycles. The molecular formula is C24H36FN5O5S. The van der Waals surface area contributed by atoms with Crippen molar-refractivity contribution >= 4 is 35.3 Å². The lowest BCUT2D eigenvalue weighted by atomic mass is 9.73. The largest absolute Gasteiger partial charge is 0.477 e. The molecule has 12 heteroatoms. The average molecular weight is 526 g/mol. The van der Waals surface area contributed by atoms with E-state index in [1.165, 1.54) is 16.7 Å². The van der Waals surface area contributed by atoms with E-state index in [2.05, 4.69) is 16.0 Å². The van der Waals surface area contributed by atoms with E-state index in [9.17, 15) is 28.7 Å². The van der Waals surface area contributed by atoms with Crippen molar-refractivity contribution in [2.24, 2.45) is 23.5 Å². The number of carboxylic acids is 1. The Kier molecular flexibility index (Phi) is 8.38. The van der Waals surface area contributed by atoms with E-state index in [-0.39, 0.29) is 90.7 Å². The highest BCUT2D eigenvalue weighted by Crippen LogP contribution is 2.53. The maximum absolute atomic E-state index is 13.3. The number of carbonyl (C=O) groups excluding carboxylic acids is 3. The SMILES string of the molecule is C[C@@H](CC(=O)CCN)[C@H]1C(=O)N2C(C(=O)O)=C(S[C@@H]3CN[C@H](CNC(=O)C4C[C@H](F)CN4)C3)[C@H](C)[C@H]12. The Balaban J connectivity index is 1.35. The number of nitrogens with one attached hydrogen (secondary N) is 3. The predicted octanol–water partition coefficient (Wildman–Crippen LogP) is -0.0167.